The number of hydrogen-bond donors (Lipinski definition) is 1. The van der Waals surface area contributed by atoms with Gasteiger partial charge in [-0.15, -0.1) is 0 Å². The summed E-state index contributed by atoms with van der Waals surface area (Å²) < 4.78 is 1.47. The van der Waals surface area contributed by atoms with Crippen molar-refractivity contribution in [2.45, 2.75) is 20.4 Å². The molecule has 0 atom stereocenters. The fourth-order valence-corrected chi connectivity index (χ4v) is 1.45. The van der Waals surface area contributed by atoms with Crippen LogP contribution in [0.5, 0.6) is 0 Å². The predicted molar refractivity (Wildman–Crippen MR) is 65.7 cm³/mol. The van der Waals surface area contributed by atoms with Gasteiger partial charge in [0.05, 0.1) is 0 Å². The Morgan fingerprint density at radius 1 is 1.44 bits per heavy atom. The lowest BCUT2D eigenvalue weighted by Crippen LogP contribution is -2.31. The first kappa shape index (κ1) is 14.0. The van der Waals surface area contributed by atoms with Crippen LogP contribution in [0.3, 0.4) is 0 Å². The zero-order valence-corrected chi connectivity index (χ0v) is 10.6. The lowest BCUT2D eigenvalue weighted by Gasteiger charge is -2.17. The summed E-state index contributed by atoms with van der Waals surface area (Å²) in [4.78, 5) is 35.5. The van der Waals surface area contributed by atoms with E-state index in [1.54, 1.807) is 14.0 Å². The van der Waals surface area contributed by atoms with Crippen molar-refractivity contribution < 1.29 is 14.7 Å². The Hall–Kier alpha value is -2.11. The first-order valence-electron chi connectivity index (χ1n) is 5.55. The summed E-state index contributed by atoms with van der Waals surface area (Å²) in [5.41, 5.74) is -0.317. The molecule has 1 rings (SSSR count). The molecule has 0 bridgehead atoms. The molecule has 0 saturated heterocycles. The second kappa shape index (κ2) is 5.48. The molecule has 98 valence electrons. The van der Waals surface area contributed by atoms with Gasteiger partial charge in [-0.25, -0.2) is 4.79 Å². The summed E-state index contributed by atoms with van der Waals surface area (Å²) in [7, 11) is 1.66. The molecule has 0 spiro atoms. The minimum atomic E-state index is -1.29. The maximum absolute atomic E-state index is 11.7. The van der Waals surface area contributed by atoms with Gasteiger partial charge in [0.25, 0.3) is 0 Å². The van der Waals surface area contributed by atoms with Crippen LogP contribution in [0.4, 0.5) is 0 Å². The Balaban J connectivity index is 3.10. The van der Waals surface area contributed by atoms with E-state index in [1.165, 1.54) is 21.7 Å². The van der Waals surface area contributed by atoms with Crippen molar-refractivity contribution in [3.05, 3.63) is 33.7 Å². The summed E-state index contributed by atoms with van der Waals surface area (Å²) in [5, 5.41) is 8.86. The van der Waals surface area contributed by atoms with Crippen molar-refractivity contribution in [2.75, 3.05) is 13.6 Å². The van der Waals surface area contributed by atoms with Crippen LogP contribution in [0.2, 0.25) is 0 Å². The van der Waals surface area contributed by atoms with Crippen LogP contribution in [0, 0.1) is 6.92 Å². The molecule has 0 aliphatic rings. The van der Waals surface area contributed by atoms with Gasteiger partial charge < -0.3 is 14.6 Å². The van der Waals surface area contributed by atoms with E-state index in [-0.39, 0.29) is 18.0 Å². The maximum Gasteiger partial charge on any atom is 0.341 e. The lowest BCUT2D eigenvalue weighted by molar-refractivity contribution is -0.130. The number of carboxylic acids is 1. The van der Waals surface area contributed by atoms with E-state index in [4.69, 9.17) is 5.11 Å². The van der Waals surface area contributed by atoms with Gasteiger partial charge in [0.2, 0.25) is 5.91 Å². The van der Waals surface area contributed by atoms with Gasteiger partial charge in [0, 0.05) is 31.5 Å². The highest BCUT2D eigenvalue weighted by atomic mass is 16.4. The van der Waals surface area contributed by atoms with Crippen molar-refractivity contribution in [1.29, 1.82) is 0 Å². The number of hydrogen-bond acceptors (Lipinski definition) is 3. The van der Waals surface area contributed by atoms with E-state index in [1.807, 2.05) is 6.92 Å². The highest BCUT2D eigenvalue weighted by Crippen LogP contribution is 2.01. The number of carboxylic acid groups (broad SMARTS) is 1. The van der Waals surface area contributed by atoms with Gasteiger partial charge >= 0.3 is 5.97 Å². The molecule has 0 aliphatic heterocycles. The Kier molecular flexibility index (Phi) is 4.25. The molecule has 1 aromatic heterocycles. The van der Waals surface area contributed by atoms with Gasteiger partial charge in [-0.2, -0.15) is 0 Å². The molecule has 6 heteroatoms. The third-order valence-electron chi connectivity index (χ3n) is 2.78. The van der Waals surface area contributed by atoms with Crippen LogP contribution in [-0.4, -0.2) is 40.0 Å². The molecule has 1 N–H and O–H groups in total. The minimum absolute atomic E-state index is 0.0245. The third-order valence-corrected chi connectivity index (χ3v) is 2.78. The van der Waals surface area contributed by atoms with Crippen molar-refractivity contribution in [1.82, 2.24) is 9.47 Å². The normalized spacial score (nSPS) is 10.2. The van der Waals surface area contributed by atoms with Gasteiger partial charge in [-0.05, 0) is 13.8 Å². The smallest absolute Gasteiger partial charge is 0.341 e. The van der Waals surface area contributed by atoms with E-state index >= 15 is 0 Å². The monoisotopic (exact) mass is 252 g/mol. The molecular weight excluding hydrogens is 236 g/mol. The van der Waals surface area contributed by atoms with Crippen LogP contribution >= 0.6 is 0 Å². The van der Waals surface area contributed by atoms with Gasteiger partial charge in [-0.1, -0.05) is 0 Å². The van der Waals surface area contributed by atoms with E-state index < -0.39 is 11.4 Å². The third kappa shape index (κ3) is 2.97. The fourth-order valence-electron chi connectivity index (χ4n) is 1.45. The Bertz CT molecular complexity index is 533. The number of likely N-dealkylation sites (N-methyl/N-ethyl adjacent to an activating group) is 1. The van der Waals surface area contributed by atoms with Gasteiger partial charge in [-0.3, -0.25) is 9.59 Å². The number of carbonyl (C=O) groups excluding carboxylic acids is 1. The van der Waals surface area contributed by atoms with Gasteiger partial charge in [0.1, 0.15) is 12.1 Å². The standard InChI is InChI=1S/C12H16N2O4/c1-4-13(3)11(16)7-14-6-9(12(17)18)10(15)5-8(14)2/h5-6H,4,7H2,1-3H3,(H,17,18). The van der Waals surface area contributed by atoms with E-state index in [2.05, 4.69) is 0 Å². The first-order valence-corrected chi connectivity index (χ1v) is 5.55. The quantitative estimate of drug-likeness (QED) is 0.837. The van der Waals surface area contributed by atoms with Crippen molar-refractivity contribution in [3.8, 4) is 0 Å². The van der Waals surface area contributed by atoms with Crippen molar-refractivity contribution in [3.63, 3.8) is 0 Å². The largest absolute Gasteiger partial charge is 0.477 e. The van der Waals surface area contributed by atoms with Crippen LogP contribution in [0.25, 0.3) is 0 Å². The molecule has 0 fully saturated rings. The van der Waals surface area contributed by atoms with Crippen LogP contribution < -0.4 is 5.43 Å². The summed E-state index contributed by atoms with van der Waals surface area (Å²) in [5.74, 6) is -1.43. The highest BCUT2D eigenvalue weighted by Gasteiger charge is 2.13. The van der Waals surface area contributed by atoms with Gasteiger partial charge in [0.15, 0.2) is 5.43 Å². The van der Waals surface area contributed by atoms with Crippen LogP contribution in [-0.2, 0) is 11.3 Å². The van der Waals surface area contributed by atoms with Crippen molar-refractivity contribution in [2.24, 2.45) is 0 Å². The number of amides is 1. The molecule has 18 heavy (non-hydrogen) atoms. The first-order chi connectivity index (χ1) is 8.36. The summed E-state index contributed by atoms with van der Waals surface area (Å²) in [6.45, 7) is 4.10. The average Bonchev–Trinajstić information content (AvgIpc) is 2.30. The Labute approximate surface area is 104 Å². The Morgan fingerprint density at radius 3 is 2.56 bits per heavy atom. The fraction of sp³-hybridized carbons (Fsp3) is 0.417. The summed E-state index contributed by atoms with van der Waals surface area (Å²) in [6.07, 6.45) is 1.21. The van der Waals surface area contributed by atoms with Crippen LogP contribution in [0.15, 0.2) is 17.1 Å². The number of aromatic carboxylic acids is 1. The molecule has 6 nitrogen and oxygen atoms in total. The molecule has 0 unspecified atom stereocenters. The van der Waals surface area contributed by atoms with E-state index in [0.717, 1.165) is 0 Å². The number of rotatable bonds is 4. The SMILES string of the molecule is CCN(C)C(=O)Cn1cc(C(=O)O)c(=O)cc1C. The molecular formula is C12H16N2O4. The molecule has 0 aliphatic carbocycles. The van der Waals surface area contributed by atoms with Crippen LogP contribution in [0.1, 0.15) is 23.0 Å². The molecule has 1 heterocycles. The van der Waals surface area contributed by atoms with E-state index in [9.17, 15) is 14.4 Å². The number of pyridine rings is 1. The number of aryl methyl sites for hydroxylation is 1. The minimum Gasteiger partial charge on any atom is -0.477 e. The number of nitrogens with zero attached hydrogens (tertiary/aromatic N) is 2. The summed E-state index contributed by atoms with van der Waals surface area (Å²) >= 11 is 0. The number of aromatic nitrogens is 1. The lowest BCUT2D eigenvalue weighted by atomic mass is 10.2. The Morgan fingerprint density at radius 2 is 2.06 bits per heavy atom. The molecule has 1 amide bonds. The zero-order chi connectivity index (χ0) is 13.9. The van der Waals surface area contributed by atoms with E-state index in [0.29, 0.717) is 12.2 Å². The average molecular weight is 252 g/mol. The highest BCUT2D eigenvalue weighted by molar-refractivity contribution is 5.87. The number of carbonyl (C=O) groups is 2. The molecule has 0 saturated carbocycles. The second-order valence-corrected chi connectivity index (χ2v) is 4.03. The second-order valence-electron chi connectivity index (χ2n) is 4.03. The summed E-state index contributed by atoms with van der Waals surface area (Å²) in [6, 6.07) is 1.22. The zero-order valence-electron chi connectivity index (χ0n) is 10.6. The topological polar surface area (TPSA) is 79.6 Å². The maximum atomic E-state index is 11.7. The molecule has 1 aromatic rings. The predicted octanol–water partition coefficient (Wildman–Crippen LogP) is 0.333. The molecule has 0 aromatic carbocycles. The molecule has 0 radical (unpaired) electrons. The van der Waals surface area contributed by atoms with Crippen molar-refractivity contribution >= 4 is 11.9 Å².